The van der Waals surface area contributed by atoms with Gasteiger partial charge in [0.05, 0.1) is 13.7 Å². The summed E-state index contributed by atoms with van der Waals surface area (Å²) in [6, 6.07) is 7.63. The molecule has 1 fully saturated rings. The molecule has 0 spiro atoms. The van der Waals surface area contributed by atoms with E-state index < -0.39 is 0 Å². The van der Waals surface area contributed by atoms with Crippen LogP contribution in [0.15, 0.2) is 29.3 Å². The van der Waals surface area contributed by atoms with Crippen molar-refractivity contribution in [2.75, 3.05) is 26.7 Å². The number of guanidine groups is 1. The number of carbonyl (C=O) groups excluding carboxylic acids is 1. The molecule has 0 radical (unpaired) electrons. The molecule has 2 unspecified atom stereocenters. The zero-order valence-electron chi connectivity index (χ0n) is 14.1. The highest BCUT2D eigenvalue weighted by Crippen LogP contribution is 2.28. The van der Waals surface area contributed by atoms with E-state index in [9.17, 15) is 4.79 Å². The van der Waals surface area contributed by atoms with Gasteiger partial charge in [0.15, 0.2) is 5.96 Å². The molecule has 1 saturated carbocycles. The zero-order valence-corrected chi connectivity index (χ0v) is 14.1. The standard InChI is InChI=1S/C17H26N4O2/c1-4-18-17(21-15-10-12(15)2)20-9-8-19-16(22)13-6-5-7-14(11-13)23-3/h5-7,11-12,15H,4,8-10H2,1-3H3,(H,19,22)(H2,18,20,21). The minimum Gasteiger partial charge on any atom is -0.497 e. The second-order valence-electron chi connectivity index (χ2n) is 5.71. The number of nitrogens with one attached hydrogen (secondary N) is 3. The predicted octanol–water partition coefficient (Wildman–Crippen LogP) is 1.39. The van der Waals surface area contributed by atoms with Crippen molar-refractivity contribution >= 4 is 11.9 Å². The van der Waals surface area contributed by atoms with Gasteiger partial charge in [0.25, 0.3) is 5.91 Å². The molecule has 0 aliphatic heterocycles. The Bertz CT molecular complexity index is 559. The fraction of sp³-hybridized carbons (Fsp3) is 0.529. The Labute approximate surface area is 137 Å². The molecule has 1 aromatic rings. The van der Waals surface area contributed by atoms with Gasteiger partial charge in [-0.2, -0.15) is 0 Å². The maximum atomic E-state index is 12.1. The van der Waals surface area contributed by atoms with Crippen LogP contribution >= 0.6 is 0 Å². The molecular weight excluding hydrogens is 292 g/mol. The number of nitrogens with zero attached hydrogens (tertiary/aromatic N) is 1. The lowest BCUT2D eigenvalue weighted by atomic mass is 10.2. The third kappa shape index (κ3) is 5.47. The normalized spacial score (nSPS) is 19.9. The molecule has 23 heavy (non-hydrogen) atoms. The molecule has 0 heterocycles. The van der Waals surface area contributed by atoms with Gasteiger partial charge in [-0.1, -0.05) is 13.0 Å². The maximum Gasteiger partial charge on any atom is 0.251 e. The van der Waals surface area contributed by atoms with Crippen molar-refractivity contribution < 1.29 is 9.53 Å². The van der Waals surface area contributed by atoms with E-state index in [4.69, 9.17) is 4.74 Å². The average molecular weight is 318 g/mol. The van der Waals surface area contributed by atoms with Gasteiger partial charge in [-0.15, -0.1) is 0 Å². The van der Waals surface area contributed by atoms with Crippen LogP contribution in [0.25, 0.3) is 0 Å². The predicted molar refractivity (Wildman–Crippen MR) is 92.0 cm³/mol. The van der Waals surface area contributed by atoms with Crippen molar-refractivity contribution in [3.63, 3.8) is 0 Å². The number of methoxy groups -OCH3 is 1. The Morgan fingerprint density at radius 3 is 2.83 bits per heavy atom. The van der Waals surface area contributed by atoms with Gasteiger partial charge >= 0.3 is 0 Å². The Kier molecular flexibility index (Phi) is 6.26. The Morgan fingerprint density at radius 2 is 2.17 bits per heavy atom. The van der Waals surface area contributed by atoms with E-state index in [2.05, 4.69) is 27.9 Å². The smallest absolute Gasteiger partial charge is 0.251 e. The van der Waals surface area contributed by atoms with Crippen molar-refractivity contribution in [1.29, 1.82) is 0 Å². The molecule has 1 aliphatic carbocycles. The van der Waals surface area contributed by atoms with Crippen molar-refractivity contribution in [3.05, 3.63) is 29.8 Å². The van der Waals surface area contributed by atoms with Crippen LogP contribution in [0.4, 0.5) is 0 Å². The summed E-state index contributed by atoms with van der Waals surface area (Å²) in [7, 11) is 1.59. The number of ether oxygens (including phenoxy) is 1. The Morgan fingerprint density at radius 1 is 1.39 bits per heavy atom. The highest BCUT2D eigenvalue weighted by atomic mass is 16.5. The van der Waals surface area contributed by atoms with Crippen molar-refractivity contribution in [2.24, 2.45) is 10.9 Å². The van der Waals surface area contributed by atoms with Gasteiger partial charge in [0.1, 0.15) is 5.75 Å². The van der Waals surface area contributed by atoms with E-state index in [-0.39, 0.29) is 5.91 Å². The summed E-state index contributed by atoms with van der Waals surface area (Å²) < 4.78 is 5.12. The molecule has 1 aromatic carbocycles. The number of carbonyl (C=O) groups is 1. The molecule has 6 heteroatoms. The van der Waals surface area contributed by atoms with Crippen molar-refractivity contribution in [3.8, 4) is 5.75 Å². The Balaban J connectivity index is 1.77. The SMILES string of the molecule is CCNC(=NCCNC(=O)c1cccc(OC)c1)NC1CC1C. The first-order valence-electron chi connectivity index (χ1n) is 8.11. The van der Waals surface area contributed by atoms with Gasteiger partial charge in [0, 0.05) is 24.7 Å². The number of hydrogen-bond acceptors (Lipinski definition) is 3. The lowest BCUT2D eigenvalue weighted by molar-refractivity contribution is 0.0954. The molecule has 3 N–H and O–H groups in total. The van der Waals surface area contributed by atoms with E-state index >= 15 is 0 Å². The van der Waals surface area contributed by atoms with Crippen molar-refractivity contribution in [2.45, 2.75) is 26.3 Å². The first kappa shape index (κ1) is 17.1. The number of amides is 1. The summed E-state index contributed by atoms with van der Waals surface area (Å²) in [4.78, 5) is 16.6. The molecule has 0 saturated heterocycles. The second-order valence-corrected chi connectivity index (χ2v) is 5.71. The van der Waals surface area contributed by atoms with Crippen LogP contribution in [-0.4, -0.2) is 44.7 Å². The first-order chi connectivity index (χ1) is 11.1. The van der Waals surface area contributed by atoms with E-state index in [0.717, 1.165) is 12.5 Å². The van der Waals surface area contributed by atoms with Gasteiger partial charge in [0.2, 0.25) is 0 Å². The second kappa shape index (κ2) is 8.41. The lowest BCUT2D eigenvalue weighted by Gasteiger charge is -2.11. The highest BCUT2D eigenvalue weighted by molar-refractivity contribution is 5.94. The molecule has 126 valence electrons. The molecular formula is C17H26N4O2. The number of benzene rings is 1. The van der Waals surface area contributed by atoms with E-state index in [0.29, 0.717) is 36.4 Å². The van der Waals surface area contributed by atoms with Gasteiger partial charge in [-0.05, 0) is 37.5 Å². The van der Waals surface area contributed by atoms with Crippen molar-refractivity contribution in [1.82, 2.24) is 16.0 Å². The summed E-state index contributed by atoms with van der Waals surface area (Å²) in [5, 5.41) is 9.47. The lowest BCUT2D eigenvalue weighted by Crippen LogP contribution is -2.39. The van der Waals surface area contributed by atoms with Crippen LogP contribution in [-0.2, 0) is 0 Å². The van der Waals surface area contributed by atoms with E-state index in [1.54, 1.807) is 25.3 Å². The minimum atomic E-state index is -0.118. The molecule has 2 rings (SSSR count). The molecule has 0 aromatic heterocycles. The fourth-order valence-electron chi connectivity index (χ4n) is 2.22. The van der Waals surface area contributed by atoms with E-state index in [1.807, 2.05) is 13.0 Å². The first-order valence-corrected chi connectivity index (χ1v) is 8.11. The third-order valence-electron chi connectivity index (χ3n) is 3.78. The monoisotopic (exact) mass is 318 g/mol. The summed E-state index contributed by atoms with van der Waals surface area (Å²) >= 11 is 0. The van der Waals surface area contributed by atoms with Crippen LogP contribution in [0.3, 0.4) is 0 Å². The van der Waals surface area contributed by atoms with Crippen LogP contribution in [0.2, 0.25) is 0 Å². The van der Waals surface area contributed by atoms with E-state index in [1.165, 1.54) is 6.42 Å². The zero-order chi connectivity index (χ0) is 16.7. The maximum absolute atomic E-state index is 12.1. The molecule has 0 bridgehead atoms. The summed E-state index contributed by atoms with van der Waals surface area (Å²) in [5.41, 5.74) is 0.588. The summed E-state index contributed by atoms with van der Waals surface area (Å²) in [6.45, 7) is 6.11. The van der Waals surface area contributed by atoms with Gasteiger partial charge in [-0.25, -0.2) is 0 Å². The van der Waals surface area contributed by atoms with Crippen LogP contribution in [0.5, 0.6) is 5.75 Å². The summed E-state index contributed by atoms with van der Waals surface area (Å²) in [6.07, 6.45) is 1.19. The largest absolute Gasteiger partial charge is 0.497 e. The van der Waals surface area contributed by atoms with Crippen LogP contribution in [0, 0.1) is 5.92 Å². The quantitative estimate of drug-likeness (QED) is 0.403. The molecule has 1 aliphatic rings. The van der Waals surface area contributed by atoms with Gasteiger partial charge < -0.3 is 20.7 Å². The van der Waals surface area contributed by atoms with Gasteiger partial charge in [-0.3, -0.25) is 9.79 Å². The Hall–Kier alpha value is -2.24. The fourth-order valence-corrected chi connectivity index (χ4v) is 2.22. The molecule has 1 amide bonds. The van der Waals surface area contributed by atoms with Crippen LogP contribution < -0.4 is 20.7 Å². The number of rotatable bonds is 7. The minimum absolute atomic E-state index is 0.118. The molecule has 2 atom stereocenters. The highest BCUT2D eigenvalue weighted by Gasteiger charge is 2.33. The van der Waals surface area contributed by atoms with Crippen LogP contribution in [0.1, 0.15) is 30.6 Å². The number of hydrogen-bond donors (Lipinski definition) is 3. The number of aliphatic imine (C=N–C) groups is 1. The molecule has 6 nitrogen and oxygen atoms in total. The topological polar surface area (TPSA) is 74.8 Å². The average Bonchev–Trinajstić information content (AvgIpc) is 3.26. The third-order valence-corrected chi connectivity index (χ3v) is 3.78. The summed E-state index contributed by atoms with van der Waals surface area (Å²) in [5.74, 6) is 2.09.